The van der Waals surface area contributed by atoms with Crippen LogP contribution in [-0.2, 0) is 0 Å². The molecule has 2 aromatic carbocycles. The number of carbonyl (C=O) groups excluding carboxylic acids is 2. The van der Waals surface area contributed by atoms with Gasteiger partial charge in [0.2, 0.25) is 0 Å². The predicted octanol–water partition coefficient (Wildman–Crippen LogP) is 2.96. The van der Waals surface area contributed by atoms with Gasteiger partial charge in [0, 0.05) is 0 Å². The van der Waals surface area contributed by atoms with Crippen molar-refractivity contribution in [2.24, 2.45) is 10.8 Å². The van der Waals surface area contributed by atoms with Gasteiger partial charge in [-0.3, -0.25) is 0 Å². The van der Waals surface area contributed by atoms with Crippen molar-refractivity contribution in [1.82, 2.24) is 5.43 Å². The highest BCUT2D eigenvalue weighted by Crippen LogP contribution is 2.36. The maximum absolute atomic E-state index is 12.2. The zero-order valence-corrected chi connectivity index (χ0v) is 14.1. The van der Waals surface area contributed by atoms with Crippen molar-refractivity contribution in [2.45, 2.75) is 6.92 Å². The summed E-state index contributed by atoms with van der Waals surface area (Å²) in [6.07, 6.45) is 1.34. The first-order valence-corrected chi connectivity index (χ1v) is 7.71. The largest absolute Gasteiger partial charge is 0.490 e. The van der Waals surface area contributed by atoms with E-state index in [0.29, 0.717) is 17.7 Å². The molecule has 25 heavy (non-hydrogen) atoms. The van der Waals surface area contributed by atoms with Gasteiger partial charge in [0.05, 0.1) is 23.4 Å². The number of rotatable bonds is 6. The van der Waals surface area contributed by atoms with E-state index in [4.69, 9.17) is 26.8 Å². The Balaban J connectivity index is 2.29. The molecule has 0 aromatic heterocycles. The SMILES string of the molecule is CCOc1cc(C=NNC(N)=O)cc(Cl)c1OC(=O)c1ccccc1. The van der Waals surface area contributed by atoms with E-state index in [2.05, 4.69) is 10.5 Å². The van der Waals surface area contributed by atoms with E-state index in [1.54, 1.807) is 43.3 Å². The van der Waals surface area contributed by atoms with Gasteiger partial charge in [-0.05, 0) is 36.8 Å². The number of carbonyl (C=O) groups is 2. The molecule has 0 aliphatic carbocycles. The number of amides is 2. The van der Waals surface area contributed by atoms with E-state index < -0.39 is 12.0 Å². The topological polar surface area (TPSA) is 103 Å². The molecule has 0 saturated heterocycles. The molecule has 2 aromatic rings. The molecule has 3 N–H and O–H groups in total. The summed E-state index contributed by atoms with van der Waals surface area (Å²) in [4.78, 5) is 22.9. The van der Waals surface area contributed by atoms with Gasteiger partial charge < -0.3 is 15.2 Å². The minimum absolute atomic E-state index is 0.109. The Bertz CT molecular complexity index is 794. The second-order valence-corrected chi connectivity index (χ2v) is 5.16. The van der Waals surface area contributed by atoms with Crippen LogP contribution >= 0.6 is 11.6 Å². The number of nitrogens with two attached hydrogens (primary N) is 1. The third-order valence-corrected chi connectivity index (χ3v) is 3.21. The van der Waals surface area contributed by atoms with Gasteiger partial charge in [-0.2, -0.15) is 5.10 Å². The molecule has 8 heteroatoms. The summed E-state index contributed by atoms with van der Waals surface area (Å²) in [5.41, 5.74) is 7.91. The van der Waals surface area contributed by atoms with Gasteiger partial charge >= 0.3 is 12.0 Å². The first kappa shape index (κ1) is 18.3. The number of primary amides is 1. The molecular weight excluding hydrogens is 346 g/mol. The van der Waals surface area contributed by atoms with E-state index in [-0.39, 0.29) is 16.5 Å². The summed E-state index contributed by atoms with van der Waals surface area (Å²) in [5.74, 6) is -0.169. The average Bonchev–Trinajstić information content (AvgIpc) is 2.58. The lowest BCUT2D eigenvalue weighted by atomic mass is 10.2. The highest BCUT2D eigenvalue weighted by molar-refractivity contribution is 6.32. The van der Waals surface area contributed by atoms with Crippen LogP contribution in [-0.4, -0.2) is 24.8 Å². The van der Waals surface area contributed by atoms with Gasteiger partial charge in [-0.1, -0.05) is 29.8 Å². The summed E-state index contributed by atoms with van der Waals surface area (Å²) in [7, 11) is 0. The lowest BCUT2D eigenvalue weighted by Crippen LogP contribution is -2.24. The van der Waals surface area contributed by atoms with Gasteiger partial charge in [-0.25, -0.2) is 15.0 Å². The molecular formula is C17H16ClN3O4. The van der Waals surface area contributed by atoms with Crippen molar-refractivity contribution in [2.75, 3.05) is 6.61 Å². The molecule has 2 rings (SSSR count). The van der Waals surface area contributed by atoms with Crippen LogP contribution in [0, 0.1) is 0 Å². The fourth-order valence-electron chi connectivity index (χ4n) is 1.92. The molecule has 0 heterocycles. The third-order valence-electron chi connectivity index (χ3n) is 2.92. The fourth-order valence-corrected chi connectivity index (χ4v) is 2.18. The van der Waals surface area contributed by atoms with Crippen LogP contribution in [0.25, 0.3) is 0 Å². The Hall–Kier alpha value is -3.06. The minimum atomic E-state index is -0.791. The third kappa shape index (κ3) is 5.22. The van der Waals surface area contributed by atoms with Crippen molar-refractivity contribution >= 4 is 29.8 Å². The summed E-state index contributed by atoms with van der Waals surface area (Å²) in [6.45, 7) is 2.12. The van der Waals surface area contributed by atoms with E-state index in [0.717, 1.165) is 0 Å². The van der Waals surface area contributed by atoms with Crippen LogP contribution < -0.4 is 20.6 Å². The number of ether oxygens (including phenoxy) is 2. The van der Waals surface area contributed by atoms with Gasteiger partial charge in [0.15, 0.2) is 11.5 Å². The summed E-state index contributed by atoms with van der Waals surface area (Å²) in [5, 5.41) is 3.81. The summed E-state index contributed by atoms with van der Waals surface area (Å²) in [6, 6.07) is 10.8. The number of nitrogens with one attached hydrogen (secondary N) is 1. The monoisotopic (exact) mass is 361 g/mol. The number of urea groups is 1. The van der Waals surface area contributed by atoms with Crippen LogP contribution in [0.5, 0.6) is 11.5 Å². The number of hydrogen-bond acceptors (Lipinski definition) is 5. The number of halogens is 1. The Labute approximate surface area is 149 Å². The zero-order valence-electron chi connectivity index (χ0n) is 13.4. The first-order chi connectivity index (χ1) is 12.0. The quantitative estimate of drug-likeness (QED) is 0.357. The predicted molar refractivity (Wildman–Crippen MR) is 94.3 cm³/mol. The zero-order chi connectivity index (χ0) is 18.2. The van der Waals surface area contributed by atoms with Crippen molar-refractivity contribution in [3.8, 4) is 11.5 Å². The van der Waals surface area contributed by atoms with E-state index >= 15 is 0 Å². The fraction of sp³-hybridized carbons (Fsp3) is 0.118. The lowest BCUT2D eigenvalue weighted by Gasteiger charge is -2.13. The molecule has 0 fully saturated rings. The number of benzene rings is 2. The van der Waals surface area contributed by atoms with E-state index in [1.807, 2.05) is 0 Å². The number of esters is 1. The first-order valence-electron chi connectivity index (χ1n) is 7.33. The van der Waals surface area contributed by atoms with Crippen molar-refractivity contribution in [3.63, 3.8) is 0 Å². The van der Waals surface area contributed by atoms with Crippen molar-refractivity contribution in [1.29, 1.82) is 0 Å². The maximum atomic E-state index is 12.2. The van der Waals surface area contributed by atoms with Crippen molar-refractivity contribution < 1.29 is 19.1 Å². The Kier molecular flexibility index (Phi) is 6.36. The van der Waals surface area contributed by atoms with E-state index in [9.17, 15) is 9.59 Å². The molecule has 0 radical (unpaired) electrons. The molecule has 0 spiro atoms. The number of hydrogen-bond donors (Lipinski definition) is 2. The Morgan fingerprint density at radius 1 is 1.28 bits per heavy atom. The highest BCUT2D eigenvalue weighted by Gasteiger charge is 2.17. The van der Waals surface area contributed by atoms with E-state index in [1.165, 1.54) is 12.3 Å². The molecule has 130 valence electrons. The molecule has 0 aliphatic heterocycles. The average molecular weight is 362 g/mol. The maximum Gasteiger partial charge on any atom is 0.343 e. The van der Waals surface area contributed by atoms with Crippen molar-refractivity contribution in [3.05, 3.63) is 58.6 Å². The second-order valence-electron chi connectivity index (χ2n) is 4.75. The molecule has 0 saturated carbocycles. The Morgan fingerprint density at radius 2 is 2.00 bits per heavy atom. The number of hydrazone groups is 1. The molecule has 2 amide bonds. The molecule has 0 bridgehead atoms. The Morgan fingerprint density at radius 3 is 2.64 bits per heavy atom. The van der Waals surface area contributed by atoms with Crippen LogP contribution in [0.2, 0.25) is 5.02 Å². The van der Waals surface area contributed by atoms with Crippen LogP contribution in [0.1, 0.15) is 22.8 Å². The van der Waals surface area contributed by atoms with Crippen LogP contribution in [0.3, 0.4) is 0 Å². The second kappa shape index (κ2) is 8.70. The molecule has 7 nitrogen and oxygen atoms in total. The lowest BCUT2D eigenvalue weighted by molar-refractivity contribution is 0.0728. The highest BCUT2D eigenvalue weighted by atomic mass is 35.5. The number of nitrogens with zero attached hydrogens (tertiary/aromatic N) is 1. The van der Waals surface area contributed by atoms with Crippen LogP contribution in [0.4, 0.5) is 4.79 Å². The molecule has 0 atom stereocenters. The summed E-state index contributed by atoms with van der Waals surface area (Å²) >= 11 is 6.21. The van der Waals surface area contributed by atoms with Gasteiger partial charge in [0.1, 0.15) is 0 Å². The smallest absolute Gasteiger partial charge is 0.343 e. The summed E-state index contributed by atoms with van der Waals surface area (Å²) < 4.78 is 10.9. The van der Waals surface area contributed by atoms with Gasteiger partial charge in [-0.15, -0.1) is 0 Å². The van der Waals surface area contributed by atoms with Crippen LogP contribution in [0.15, 0.2) is 47.6 Å². The standard InChI is InChI=1S/C17H16ClN3O4/c1-2-24-14-9-11(10-20-21-17(19)23)8-13(18)15(14)25-16(22)12-6-4-3-5-7-12/h3-10H,2H2,1H3,(H3,19,21,23). The minimum Gasteiger partial charge on any atom is -0.490 e. The molecule has 0 aliphatic rings. The normalized spacial score (nSPS) is 10.5. The van der Waals surface area contributed by atoms with Gasteiger partial charge in [0.25, 0.3) is 0 Å². The molecule has 0 unspecified atom stereocenters.